The highest BCUT2D eigenvalue weighted by molar-refractivity contribution is 7.16. The van der Waals surface area contributed by atoms with Gasteiger partial charge in [0.25, 0.3) is 0 Å². The van der Waals surface area contributed by atoms with E-state index in [2.05, 4.69) is 28.4 Å². The Hall–Kier alpha value is -0.350. The molecule has 1 fully saturated rings. The molecule has 2 nitrogen and oxygen atoms in total. The lowest BCUT2D eigenvalue weighted by Crippen LogP contribution is -2.28. The van der Waals surface area contributed by atoms with E-state index in [0.29, 0.717) is 0 Å². The van der Waals surface area contributed by atoms with E-state index in [0.717, 1.165) is 23.8 Å². The maximum Gasteiger partial charge on any atom is 0.0934 e. The molecule has 4 heteroatoms. The molecule has 1 aromatic rings. The van der Waals surface area contributed by atoms with Crippen LogP contribution >= 0.6 is 22.9 Å². The zero-order chi connectivity index (χ0) is 11.9. The highest BCUT2D eigenvalue weighted by Gasteiger charge is 2.06. The predicted molar refractivity (Wildman–Crippen MR) is 76.9 cm³/mol. The Labute approximate surface area is 112 Å². The van der Waals surface area contributed by atoms with E-state index in [4.69, 9.17) is 11.6 Å². The van der Waals surface area contributed by atoms with E-state index in [-0.39, 0.29) is 0 Å². The summed E-state index contributed by atoms with van der Waals surface area (Å²) in [5.74, 6) is 0. The van der Waals surface area contributed by atoms with Crippen molar-refractivity contribution in [3.8, 4) is 0 Å². The van der Waals surface area contributed by atoms with Crippen LogP contribution < -0.4 is 5.32 Å². The SMILES string of the molecule is Clc1ccc(/C=C/CCN2CCCNCC2)s1. The average Bonchev–Trinajstić information content (AvgIpc) is 2.59. The number of nitrogens with zero attached hydrogens (tertiary/aromatic N) is 1. The molecule has 0 amide bonds. The second-order valence-electron chi connectivity index (χ2n) is 4.28. The van der Waals surface area contributed by atoms with E-state index >= 15 is 0 Å². The maximum atomic E-state index is 5.88. The summed E-state index contributed by atoms with van der Waals surface area (Å²) in [7, 11) is 0. The van der Waals surface area contributed by atoms with E-state index in [1.165, 1.54) is 30.9 Å². The van der Waals surface area contributed by atoms with Gasteiger partial charge in [0.2, 0.25) is 0 Å². The quantitative estimate of drug-likeness (QED) is 0.905. The molecule has 17 heavy (non-hydrogen) atoms. The number of hydrogen-bond acceptors (Lipinski definition) is 3. The molecule has 1 aliphatic rings. The fourth-order valence-corrected chi connectivity index (χ4v) is 2.99. The smallest absolute Gasteiger partial charge is 0.0934 e. The summed E-state index contributed by atoms with van der Waals surface area (Å²) >= 11 is 7.51. The molecule has 1 aromatic heterocycles. The van der Waals surface area contributed by atoms with Gasteiger partial charge in [-0.2, -0.15) is 0 Å². The van der Waals surface area contributed by atoms with E-state index in [1.54, 1.807) is 11.3 Å². The van der Waals surface area contributed by atoms with Crippen molar-refractivity contribution in [2.24, 2.45) is 0 Å². The molecule has 2 rings (SSSR count). The standard InChI is InChI=1S/C13H19ClN2S/c14-13-6-5-12(17-13)4-1-2-9-16-10-3-7-15-8-11-16/h1,4-6,15H,2-3,7-11H2/b4-1+. The Balaban J connectivity index is 1.69. The van der Waals surface area contributed by atoms with Crippen molar-refractivity contribution in [2.75, 3.05) is 32.7 Å². The lowest BCUT2D eigenvalue weighted by Gasteiger charge is -2.17. The van der Waals surface area contributed by atoms with Crippen molar-refractivity contribution >= 4 is 29.0 Å². The van der Waals surface area contributed by atoms with Crippen molar-refractivity contribution in [1.29, 1.82) is 0 Å². The van der Waals surface area contributed by atoms with Crippen molar-refractivity contribution in [3.63, 3.8) is 0 Å². The Morgan fingerprint density at radius 2 is 2.29 bits per heavy atom. The Morgan fingerprint density at radius 3 is 3.12 bits per heavy atom. The summed E-state index contributed by atoms with van der Waals surface area (Å²) in [6.07, 6.45) is 6.81. The molecule has 0 spiro atoms. The molecule has 0 atom stereocenters. The van der Waals surface area contributed by atoms with Crippen LogP contribution in [0.1, 0.15) is 17.7 Å². The summed E-state index contributed by atoms with van der Waals surface area (Å²) < 4.78 is 0.864. The zero-order valence-corrected chi connectivity index (χ0v) is 11.6. The molecule has 0 unspecified atom stereocenters. The third kappa shape index (κ3) is 4.80. The molecule has 0 aliphatic carbocycles. The predicted octanol–water partition coefficient (Wildman–Crippen LogP) is 3.10. The topological polar surface area (TPSA) is 15.3 Å². The highest BCUT2D eigenvalue weighted by Crippen LogP contribution is 2.22. The van der Waals surface area contributed by atoms with Crippen molar-refractivity contribution in [1.82, 2.24) is 10.2 Å². The minimum atomic E-state index is 0.864. The van der Waals surface area contributed by atoms with E-state index < -0.39 is 0 Å². The summed E-state index contributed by atoms with van der Waals surface area (Å²) in [6, 6.07) is 4.02. The summed E-state index contributed by atoms with van der Waals surface area (Å²) in [5.41, 5.74) is 0. The average molecular weight is 271 g/mol. The fraction of sp³-hybridized carbons (Fsp3) is 0.538. The molecule has 0 saturated carbocycles. The van der Waals surface area contributed by atoms with Crippen LogP contribution in [-0.2, 0) is 0 Å². The van der Waals surface area contributed by atoms with Gasteiger partial charge in [-0.1, -0.05) is 17.7 Å². The number of halogens is 1. The van der Waals surface area contributed by atoms with Gasteiger partial charge in [-0.25, -0.2) is 0 Å². The first-order valence-electron chi connectivity index (χ1n) is 6.19. The van der Waals surface area contributed by atoms with Crippen LogP contribution in [0.2, 0.25) is 4.34 Å². The van der Waals surface area contributed by atoms with Gasteiger partial charge in [-0.3, -0.25) is 0 Å². The number of thiophene rings is 1. The molecule has 0 radical (unpaired) electrons. The van der Waals surface area contributed by atoms with Gasteiger partial charge in [-0.05, 0) is 44.1 Å². The Bertz CT molecular complexity index is 354. The zero-order valence-electron chi connectivity index (χ0n) is 9.99. The Kier molecular flexibility index (Phi) is 5.52. The molecule has 94 valence electrons. The van der Waals surface area contributed by atoms with Crippen molar-refractivity contribution in [3.05, 3.63) is 27.4 Å². The number of hydrogen-bond donors (Lipinski definition) is 1. The van der Waals surface area contributed by atoms with Gasteiger partial charge >= 0.3 is 0 Å². The monoisotopic (exact) mass is 270 g/mol. The molecule has 0 aromatic carbocycles. The van der Waals surface area contributed by atoms with Crippen molar-refractivity contribution < 1.29 is 0 Å². The van der Waals surface area contributed by atoms with Gasteiger partial charge in [0, 0.05) is 24.5 Å². The summed E-state index contributed by atoms with van der Waals surface area (Å²) in [6.45, 7) is 5.87. The van der Waals surface area contributed by atoms with Crippen LogP contribution in [0.5, 0.6) is 0 Å². The van der Waals surface area contributed by atoms with E-state index in [1.807, 2.05) is 6.07 Å². The molecule has 1 N–H and O–H groups in total. The normalized spacial score (nSPS) is 18.6. The first-order valence-corrected chi connectivity index (χ1v) is 7.39. The van der Waals surface area contributed by atoms with Crippen LogP contribution in [0.3, 0.4) is 0 Å². The van der Waals surface area contributed by atoms with Crippen LogP contribution in [0.15, 0.2) is 18.2 Å². The van der Waals surface area contributed by atoms with Crippen molar-refractivity contribution in [2.45, 2.75) is 12.8 Å². The van der Waals surface area contributed by atoms with Gasteiger partial charge in [0.1, 0.15) is 0 Å². The highest BCUT2D eigenvalue weighted by atomic mass is 35.5. The van der Waals surface area contributed by atoms with Gasteiger partial charge in [-0.15, -0.1) is 11.3 Å². The largest absolute Gasteiger partial charge is 0.315 e. The first kappa shape index (κ1) is 13.1. The lowest BCUT2D eigenvalue weighted by molar-refractivity contribution is 0.298. The maximum absolute atomic E-state index is 5.88. The molecule has 2 heterocycles. The first-order chi connectivity index (χ1) is 8.34. The number of nitrogens with one attached hydrogen (secondary N) is 1. The minimum Gasteiger partial charge on any atom is -0.315 e. The fourth-order valence-electron chi connectivity index (χ4n) is 2.00. The van der Waals surface area contributed by atoms with Crippen LogP contribution in [0.4, 0.5) is 0 Å². The van der Waals surface area contributed by atoms with Gasteiger partial charge < -0.3 is 10.2 Å². The van der Waals surface area contributed by atoms with Crippen LogP contribution in [-0.4, -0.2) is 37.6 Å². The second-order valence-corrected chi connectivity index (χ2v) is 6.02. The minimum absolute atomic E-state index is 0.864. The van der Waals surface area contributed by atoms with Crippen LogP contribution in [0.25, 0.3) is 6.08 Å². The van der Waals surface area contributed by atoms with Crippen LogP contribution in [0, 0.1) is 0 Å². The molecule has 0 bridgehead atoms. The molecule has 1 aliphatic heterocycles. The summed E-state index contributed by atoms with van der Waals surface area (Å²) in [5, 5.41) is 3.42. The third-order valence-corrected chi connectivity index (χ3v) is 4.12. The Morgan fingerprint density at radius 1 is 1.35 bits per heavy atom. The second kappa shape index (κ2) is 7.17. The summed E-state index contributed by atoms with van der Waals surface area (Å²) in [4.78, 5) is 3.78. The number of rotatable bonds is 4. The molecule has 1 saturated heterocycles. The van der Waals surface area contributed by atoms with Gasteiger partial charge in [0.05, 0.1) is 4.34 Å². The lowest BCUT2D eigenvalue weighted by atomic mass is 10.3. The third-order valence-electron chi connectivity index (χ3n) is 2.92. The van der Waals surface area contributed by atoms with Gasteiger partial charge in [0.15, 0.2) is 0 Å². The van der Waals surface area contributed by atoms with E-state index in [9.17, 15) is 0 Å². The molecular formula is C13H19ClN2S. The molecular weight excluding hydrogens is 252 g/mol.